The lowest BCUT2D eigenvalue weighted by Gasteiger charge is -2.04. The monoisotopic (exact) mass is 173 g/mol. The predicted molar refractivity (Wildman–Crippen MR) is 53.2 cm³/mol. The van der Waals surface area contributed by atoms with Crippen LogP contribution in [0.5, 0.6) is 0 Å². The molecule has 0 saturated carbocycles. The van der Waals surface area contributed by atoms with Gasteiger partial charge in [0.1, 0.15) is 0 Å². The maximum atomic E-state index is 10.9. The van der Waals surface area contributed by atoms with Crippen LogP contribution in [0.1, 0.15) is 21.5 Å². The molecule has 13 heavy (non-hydrogen) atoms. The van der Waals surface area contributed by atoms with Crippen molar-refractivity contribution in [2.45, 2.75) is 13.8 Å². The molecule has 0 atom stereocenters. The van der Waals surface area contributed by atoms with Gasteiger partial charge < -0.3 is 4.98 Å². The van der Waals surface area contributed by atoms with Gasteiger partial charge in [-0.2, -0.15) is 0 Å². The highest BCUT2D eigenvalue weighted by molar-refractivity contribution is 5.98. The zero-order chi connectivity index (χ0) is 9.42. The minimum absolute atomic E-state index is 0.802. The summed E-state index contributed by atoms with van der Waals surface area (Å²) in [6.07, 6.45) is 2.79. The van der Waals surface area contributed by atoms with E-state index in [4.69, 9.17) is 0 Å². The number of rotatable bonds is 1. The Morgan fingerprint density at radius 1 is 1.38 bits per heavy atom. The average molecular weight is 173 g/mol. The van der Waals surface area contributed by atoms with Crippen molar-refractivity contribution in [3.8, 4) is 0 Å². The first-order chi connectivity index (χ1) is 6.24. The molecule has 0 aliphatic heterocycles. The zero-order valence-corrected chi connectivity index (χ0v) is 7.72. The second-order valence-corrected chi connectivity index (χ2v) is 3.29. The number of carbonyl (C=O) groups excluding carboxylic acids is 1. The lowest BCUT2D eigenvalue weighted by molar-refractivity contribution is 0.112. The number of nitrogens with one attached hydrogen (secondary N) is 1. The van der Waals surface area contributed by atoms with Crippen LogP contribution >= 0.6 is 0 Å². The second-order valence-electron chi connectivity index (χ2n) is 3.29. The van der Waals surface area contributed by atoms with Crippen LogP contribution in [0.15, 0.2) is 18.3 Å². The number of aromatic nitrogens is 1. The number of aromatic amines is 1. The maximum absolute atomic E-state index is 10.9. The fourth-order valence-corrected chi connectivity index (χ4v) is 1.63. The van der Waals surface area contributed by atoms with Gasteiger partial charge in [0.05, 0.1) is 0 Å². The van der Waals surface area contributed by atoms with Crippen LogP contribution in [0, 0.1) is 13.8 Å². The van der Waals surface area contributed by atoms with Crippen LogP contribution in [0.4, 0.5) is 0 Å². The molecule has 0 aliphatic carbocycles. The SMILES string of the molecule is Cc1cc2[nH]ccc2c(C=O)c1C. The molecule has 1 heterocycles. The summed E-state index contributed by atoms with van der Waals surface area (Å²) < 4.78 is 0. The maximum Gasteiger partial charge on any atom is 0.151 e. The van der Waals surface area contributed by atoms with Crippen molar-refractivity contribution < 1.29 is 4.79 Å². The number of carbonyl (C=O) groups is 1. The summed E-state index contributed by atoms with van der Waals surface area (Å²) in [7, 11) is 0. The fourth-order valence-electron chi connectivity index (χ4n) is 1.63. The minimum atomic E-state index is 0.802. The Morgan fingerprint density at radius 3 is 2.85 bits per heavy atom. The first-order valence-corrected chi connectivity index (χ1v) is 4.26. The summed E-state index contributed by atoms with van der Waals surface area (Å²) >= 11 is 0. The highest BCUT2D eigenvalue weighted by Crippen LogP contribution is 2.22. The standard InChI is InChI=1S/C11H11NO/c1-7-5-11-9(3-4-12-11)10(6-13)8(7)2/h3-6,12H,1-2H3. The van der Waals surface area contributed by atoms with Crippen molar-refractivity contribution in [1.82, 2.24) is 4.98 Å². The molecular formula is C11H11NO. The highest BCUT2D eigenvalue weighted by atomic mass is 16.1. The van der Waals surface area contributed by atoms with Gasteiger partial charge in [0, 0.05) is 22.7 Å². The number of aldehydes is 1. The Balaban J connectivity index is 2.95. The normalized spacial score (nSPS) is 10.6. The molecule has 0 amide bonds. The van der Waals surface area contributed by atoms with Crippen molar-refractivity contribution in [1.29, 1.82) is 0 Å². The third-order valence-corrected chi connectivity index (χ3v) is 2.54. The van der Waals surface area contributed by atoms with Gasteiger partial charge in [-0.3, -0.25) is 4.79 Å². The minimum Gasteiger partial charge on any atom is -0.361 e. The lowest BCUT2D eigenvalue weighted by Crippen LogP contribution is -1.91. The Kier molecular flexibility index (Phi) is 1.69. The van der Waals surface area contributed by atoms with Crippen LogP contribution in [0.3, 0.4) is 0 Å². The predicted octanol–water partition coefficient (Wildman–Crippen LogP) is 2.60. The largest absolute Gasteiger partial charge is 0.361 e. The third kappa shape index (κ3) is 1.06. The molecule has 2 rings (SSSR count). The number of hydrogen-bond acceptors (Lipinski definition) is 1. The van der Waals surface area contributed by atoms with Crippen LogP contribution in [0.2, 0.25) is 0 Å². The molecule has 1 aromatic heterocycles. The highest BCUT2D eigenvalue weighted by Gasteiger charge is 2.06. The van der Waals surface area contributed by atoms with E-state index >= 15 is 0 Å². The number of benzene rings is 1. The molecule has 0 spiro atoms. The van der Waals surface area contributed by atoms with Crippen LogP contribution in [0.25, 0.3) is 10.9 Å². The first kappa shape index (κ1) is 8.05. The van der Waals surface area contributed by atoms with Gasteiger partial charge in [-0.15, -0.1) is 0 Å². The number of hydrogen-bond donors (Lipinski definition) is 1. The Morgan fingerprint density at radius 2 is 2.15 bits per heavy atom. The molecule has 0 aliphatic rings. The van der Waals surface area contributed by atoms with Gasteiger partial charge in [0.15, 0.2) is 6.29 Å². The molecule has 0 saturated heterocycles. The van der Waals surface area contributed by atoms with Gasteiger partial charge in [0.2, 0.25) is 0 Å². The Bertz CT molecular complexity index is 468. The molecule has 0 unspecified atom stereocenters. The summed E-state index contributed by atoms with van der Waals surface area (Å²) in [6, 6.07) is 4.00. The Labute approximate surface area is 76.6 Å². The number of fused-ring (bicyclic) bond motifs is 1. The molecule has 0 radical (unpaired) electrons. The van der Waals surface area contributed by atoms with E-state index in [0.29, 0.717) is 0 Å². The van der Waals surface area contributed by atoms with Crippen molar-refractivity contribution >= 4 is 17.2 Å². The van der Waals surface area contributed by atoms with Crippen molar-refractivity contribution in [3.05, 3.63) is 35.0 Å². The van der Waals surface area contributed by atoms with E-state index in [9.17, 15) is 4.79 Å². The molecular weight excluding hydrogens is 162 g/mol. The molecule has 1 aromatic carbocycles. The zero-order valence-electron chi connectivity index (χ0n) is 7.72. The van der Waals surface area contributed by atoms with Crippen LogP contribution < -0.4 is 0 Å². The van der Waals surface area contributed by atoms with Crippen LogP contribution in [-0.2, 0) is 0 Å². The molecule has 2 heteroatoms. The molecule has 0 fully saturated rings. The van der Waals surface area contributed by atoms with Gasteiger partial charge in [-0.1, -0.05) is 0 Å². The van der Waals surface area contributed by atoms with Gasteiger partial charge >= 0.3 is 0 Å². The number of H-pyrrole nitrogens is 1. The van der Waals surface area contributed by atoms with Crippen molar-refractivity contribution in [3.63, 3.8) is 0 Å². The van der Waals surface area contributed by atoms with E-state index in [1.54, 1.807) is 0 Å². The topological polar surface area (TPSA) is 32.9 Å². The third-order valence-electron chi connectivity index (χ3n) is 2.54. The fraction of sp³-hybridized carbons (Fsp3) is 0.182. The van der Waals surface area contributed by atoms with Crippen molar-refractivity contribution in [2.24, 2.45) is 0 Å². The Hall–Kier alpha value is -1.57. The smallest absolute Gasteiger partial charge is 0.151 e. The summed E-state index contributed by atoms with van der Waals surface area (Å²) in [4.78, 5) is 14.0. The summed E-state index contributed by atoms with van der Waals surface area (Å²) in [6.45, 7) is 3.99. The van der Waals surface area contributed by atoms with E-state index in [0.717, 1.165) is 33.9 Å². The van der Waals surface area contributed by atoms with Crippen molar-refractivity contribution in [2.75, 3.05) is 0 Å². The van der Waals surface area contributed by atoms with E-state index in [2.05, 4.69) is 11.1 Å². The molecule has 2 nitrogen and oxygen atoms in total. The van der Waals surface area contributed by atoms with Gasteiger partial charge in [-0.05, 0) is 37.1 Å². The summed E-state index contributed by atoms with van der Waals surface area (Å²) in [5.41, 5.74) is 4.06. The summed E-state index contributed by atoms with van der Waals surface area (Å²) in [5, 5.41) is 1.01. The van der Waals surface area contributed by atoms with E-state index in [-0.39, 0.29) is 0 Å². The molecule has 2 aromatic rings. The van der Waals surface area contributed by atoms with Crippen LogP contribution in [-0.4, -0.2) is 11.3 Å². The molecule has 66 valence electrons. The van der Waals surface area contributed by atoms with E-state index in [1.165, 1.54) is 0 Å². The lowest BCUT2D eigenvalue weighted by atomic mass is 10.0. The van der Waals surface area contributed by atoms with E-state index in [1.807, 2.05) is 26.1 Å². The molecule has 0 bridgehead atoms. The van der Waals surface area contributed by atoms with Gasteiger partial charge in [0.25, 0.3) is 0 Å². The molecule has 1 N–H and O–H groups in total. The quantitative estimate of drug-likeness (QED) is 0.660. The summed E-state index contributed by atoms with van der Waals surface area (Å²) in [5.74, 6) is 0. The average Bonchev–Trinajstić information content (AvgIpc) is 2.54. The number of aryl methyl sites for hydroxylation is 1. The van der Waals surface area contributed by atoms with Gasteiger partial charge in [-0.25, -0.2) is 0 Å². The first-order valence-electron chi connectivity index (χ1n) is 4.26. The second kappa shape index (κ2) is 2.73. The van der Waals surface area contributed by atoms with E-state index < -0.39 is 0 Å².